The van der Waals surface area contributed by atoms with Crippen molar-refractivity contribution in [1.82, 2.24) is 9.78 Å². The zero-order chi connectivity index (χ0) is 16.0. The van der Waals surface area contributed by atoms with E-state index in [1.165, 1.54) is 25.8 Å². The lowest BCUT2D eigenvalue weighted by atomic mass is 10.1. The molecule has 0 saturated carbocycles. The van der Waals surface area contributed by atoms with Crippen LogP contribution in [0, 0.1) is 17.4 Å². The minimum absolute atomic E-state index is 0.981. The van der Waals surface area contributed by atoms with Crippen molar-refractivity contribution in [2.24, 2.45) is 0 Å². The number of nitrogens with one attached hydrogen (secondary N) is 1. The van der Waals surface area contributed by atoms with Crippen molar-refractivity contribution in [2.45, 2.75) is 20.3 Å². The molecule has 4 rings (SSSR count). The van der Waals surface area contributed by atoms with E-state index in [1.54, 1.807) is 0 Å². The molecule has 2 heterocycles. The summed E-state index contributed by atoms with van der Waals surface area (Å²) >= 11 is 2.39. The van der Waals surface area contributed by atoms with Crippen molar-refractivity contribution in [3.05, 3.63) is 62.7 Å². The summed E-state index contributed by atoms with van der Waals surface area (Å²) < 4.78 is 3.32. The van der Waals surface area contributed by atoms with Crippen LogP contribution in [-0.2, 0) is 6.42 Å². The predicted octanol–water partition coefficient (Wildman–Crippen LogP) is 4.73. The topological polar surface area (TPSA) is 29.9 Å². The summed E-state index contributed by atoms with van der Waals surface area (Å²) in [4.78, 5) is 0. The smallest absolute Gasteiger partial charge is 0.133 e. The van der Waals surface area contributed by atoms with Crippen molar-refractivity contribution in [1.29, 1.82) is 0 Å². The zero-order valence-corrected chi connectivity index (χ0v) is 15.4. The maximum absolute atomic E-state index is 4.97. The second kappa shape index (κ2) is 5.67. The van der Waals surface area contributed by atoms with E-state index in [1.807, 2.05) is 0 Å². The molecule has 23 heavy (non-hydrogen) atoms. The maximum atomic E-state index is 4.97. The molecule has 0 aliphatic carbocycles. The molecule has 0 amide bonds. The van der Waals surface area contributed by atoms with E-state index in [4.69, 9.17) is 5.10 Å². The first-order chi connectivity index (χ1) is 11.1. The van der Waals surface area contributed by atoms with E-state index in [-0.39, 0.29) is 0 Å². The van der Waals surface area contributed by atoms with Gasteiger partial charge in [0.1, 0.15) is 5.82 Å². The molecule has 4 heteroatoms. The molecule has 0 saturated heterocycles. The van der Waals surface area contributed by atoms with Crippen LogP contribution < -0.4 is 5.32 Å². The van der Waals surface area contributed by atoms with E-state index in [9.17, 15) is 0 Å². The molecule has 0 atom stereocenters. The molecule has 0 radical (unpaired) electrons. The van der Waals surface area contributed by atoms with E-state index in [2.05, 4.69) is 88.9 Å². The van der Waals surface area contributed by atoms with Gasteiger partial charge in [-0.3, -0.25) is 0 Å². The summed E-state index contributed by atoms with van der Waals surface area (Å²) in [7, 11) is 0. The zero-order valence-electron chi connectivity index (χ0n) is 13.2. The van der Waals surface area contributed by atoms with E-state index >= 15 is 0 Å². The highest BCUT2D eigenvalue weighted by atomic mass is 127. The second-order valence-corrected chi connectivity index (χ2v) is 7.20. The molecule has 1 N–H and O–H groups in total. The predicted molar refractivity (Wildman–Crippen MR) is 103 cm³/mol. The molecule has 1 aliphatic rings. The minimum atomic E-state index is 0.981. The molecule has 3 nitrogen and oxygen atoms in total. The van der Waals surface area contributed by atoms with Gasteiger partial charge in [0.05, 0.1) is 11.4 Å². The highest BCUT2D eigenvalue weighted by Crippen LogP contribution is 2.36. The second-order valence-electron chi connectivity index (χ2n) is 6.03. The fourth-order valence-corrected chi connectivity index (χ4v) is 3.90. The molecule has 0 spiro atoms. The van der Waals surface area contributed by atoms with Crippen LogP contribution in [0.3, 0.4) is 0 Å². The number of halogens is 1. The summed E-state index contributed by atoms with van der Waals surface area (Å²) in [6.07, 6.45) is 1.03. The Kier molecular flexibility index (Phi) is 3.64. The number of rotatable bonds is 2. The minimum Gasteiger partial charge on any atom is -0.369 e. The molecular formula is C19H18IN3. The lowest BCUT2D eigenvalue weighted by Crippen LogP contribution is -2.06. The lowest BCUT2D eigenvalue weighted by molar-refractivity contribution is 0.874. The van der Waals surface area contributed by atoms with Gasteiger partial charge in [-0.05, 0) is 60.6 Å². The summed E-state index contributed by atoms with van der Waals surface area (Å²) in [6, 6.07) is 15.0. The number of nitrogens with zero attached hydrogens (tertiary/aromatic N) is 2. The highest BCUT2D eigenvalue weighted by molar-refractivity contribution is 14.1. The van der Waals surface area contributed by atoms with Gasteiger partial charge in [-0.1, -0.05) is 35.9 Å². The Morgan fingerprint density at radius 1 is 1.13 bits per heavy atom. The highest BCUT2D eigenvalue weighted by Gasteiger charge is 2.25. The fraction of sp³-hybridized carbons (Fsp3) is 0.211. The van der Waals surface area contributed by atoms with Crippen LogP contribution in [0.25, 0.3) is 16.9 Å². The van der Waals surface area contributed by atoms with Crippen LogP contribution in [-0.4, -0.2) is 16.3 Å². The fourth-order valence-electron chi connectivity index (χ4n) is 3.26. The van der Waals surface area contributed by atoms with Crippen molar-refractivity contribution in [3.63, 3.8) is 0 Å². The Bertz CT molecular complexity index is 896. The lowest BCUT2D eigenvalue weighted by Gasteiger charge is -2.10. The Hall–Kier alpha value is -1.82. The van der Waals surface area contributed by atoms with Crippen LogP contribution in [0.15, 0.2) is 42.5 Å². The van der Waals surface area contributed by atoms with Crippen LogP contribution in [0.1, 0.15) is 16.7 Å². The third-order valence-electron chi connectivity index (χ3n) is 4.36. The first kappa shape index (κ1) is 14.8. The number of hydrogen-bond acceptors (Lipinski definition) is 2. The van der Waals surface area contributed by atoms with Crippen LogP contribution >= 0.6 is 22.6 Å². The van der Waals surface area contributed by atoms with Crippen molar-refractivity contribution in [3.8, 4) is 16.9 Å². The molecule has 0 bridgehead atoms. The van der Waals surface area contributed by atoms with Crippen molar-refractivity contribution >= 4 is 28.4 Å². The van der Waals surface area contributed by atoms with Gasteiger partial charge in [0.25, 0.3) is 0 Å². The average molecular weight is 415 g/mol. The van der Waals surface area contributed by atoms with Crippen LogP contribution in [0.4, 0.5) is 5.82 Å². The monoisotopic (exact) mass is 415 g/mol. The molecular weight excluding hydrogens is 397 g/mol. The third kappa shape index (κ3) is 2.45. The normalized spacial score (nSPS) is 13.0. The Morgan fingerprint density at radius 2 is 1.96 bits per heavy atom. The molecule has 116 valence electrons. The Morgan fingerprint density at radius 3 is 2.74 bits per heavy atom. The van der Waals surface area contributed by atoms with E-state index in [0.717, 1.165) is 30.2 Å². The van der Waals surface area contributed by atoms with Crippen molar-refractivity contribution in [2.75, 3.05) is 11.9 Å². The SMILES string of the molecule is Cc1ccc(-n2nc(-c3ccccc3I)c3c2NCC3)c(C)c1. The standard InChI is InChI=1S/C19H18IN3/c1-12-7-8-17(13(2)11-12)23-19-15(9-10-21-19)18(22-23)14-5-3-4-6-16(14)20/h3-8,11,21H,9-10H2,1-2H3. The van der Waals surface area contributed by atoms with E-state index in [0.29, 0.717) is 0 Å². The summed E-state index contributed by atoms with van der Waals surface area (Å²) in [5.74, 6) is 1.15. The number of hydrogen-bond donors (Lipinski definition) is 1. The van der Waals surface area contributed by atoms with Crippen molar-refractivity contribution < 1.29 is 0 Å². The summed E-state index contributed by atoms with van der Waals surface area (Å²) in [5.41, 5.74) is 7.33. The number of aryl methyl sites for hydroxylation is 2. The van der Waals surface area contributed by atoms with Gasteiger partial charge in [0, 0.05) is 21.2 Å². The van der Waals surface area contributed by atoms with Crippen LogP contribution in [0.2, 0.25) is 0 Å². The quantitative estimate of drug-likeness (QED) is 0.614. The summed E-state index contributed by atoms with van der Waals surface area (Å²) in [5, 5.41) is 8.49. The van der Waals surface area contributed by atoms with E-state index < -0.39 is 0 Å². The van der Waals surface area contributed by atoms with Gasteiger partial charge in [0.15, 0.2) is 0 Å². The third-order valence-corrected chi connectivity index (χ3v) is 5.30. The molecule has 0 fully saturated rings. The van der Waals surface area contributed by atoms with Crippen LogP contribution in [0.5, 0.6) is 0 Å². The maximum Gasteiger partial charge on any atom is 0.133 e. The molecule has 1 aliphatic heterocycles. The average Bonchev–Trinajstić information content (AvgIpc) is 3.11. The Labute approximate surface area is 149 Å². The van der Waals surface area contributed by atoms with Gasteiger partial charge >= 0.3 is 0 Å². The number of benzene rings is 2. The van der Waals surface area contributed by atoms with Gasteiger partial charge in [-0.2, -0.15) is 5.10 Å². The molecule has 0 unspecified atom stereocenters. The van der Waals surface area contributed by atoms with Gasteiger partial charge in [-0.25, -0.2) is 4.68 Å². The van der Waals surface area contributed by atoms with Gasteiger partial charge in [-0.15, -0.1) is 0 Å². The van der Waals surface area contributed by atoms with Gasteiger partial charge in [0.2, 0.25) is 0 Å². The number of aromatic nitrogens is 2. The largest absolute Gasteiger partial charge is 0.369 e. The summed E-state index contributed by atoms with van der Waals surface area (Å²) in [6.45, 7) is 5.26. The molecule has 3 aromatic rings. The Balaban J connectivity index is 1.94. The molecule has 2 aromatic carbocycles. The first-order valence-electron chi connectivity index (χ1n) is 7.83. The molecule has 1 aromatic heterocycles. The number of fused-ring (bicyclic) bond motifs is 1. The van der Waals surface area contributed by atoms with Gasteiger partial charge < -0.3 is 5.32 Å². The first-order valence-corrected chi connectivity index (χ1v) is 8.91. The number of anilines is 1.